The summed E-state index contributed by atoms with van der Waals surface area (Å²) >= 11 is 0. The molecule has 5 rings (SSSR count). The Balaban J connectivity index is 1.41. The van der Waals surface area contributed by atoms with Crippen molar-refractivity contribution in [3.63, 3.8) is 0 Å². The van der Waals surface area contributed by atoms with Crippen molar-refractivity contribution in [2.45, 2.75) is 102 Å². The first-order chi connectivity index (χ1) is 15.8. The van der Waals surface area contributed by atoms with Crippen LogP contribution in [0.2, 0.25) is 0 Å². The third-order valence-corrected chi connectivity index (χ3v) is 10.3. The first-order valence-corrected chi connectivity index (χ1v) is 12.7. The summed E-state index contributed by atoms with van der Waals surface area (Å²) in [5.41, 5.74) is -0.469. The molecule has 12 atom stereocenters. The van der Waals surface area contributed by atoms with E-state index in [2.05, 4.69) is 6.58 Å². The molecule has 2 bridgehead atoms. The number of aliphatic hydroxyl groups is 5. The maximum Gasteiger partial charge on any atom is 0.187 e. The molecule has 0 aromatic heterocycles. The molecule has 1 aliphatic heterocycles. The van der Waals surface area contributed by atoms with Crippen LogP contribution in [-0.2, 0) is 14.3 Å². The van der Waals surface area contributed by atoms with Crippen LogP contribution >= 0.6 is 0 Å². The molecular formula is C26H40O8. The fraction of sp³-hybridized carbons (Fsp3) is 0.885. The third kappa shape index (κ3) is 3.40. The van der Waals surface area contributed by atoms with Gasteiger partial charge in [0.1, 0.15) is 30.2 Å². The highest BCUT2D eigenvalue weighted by atomic mass is 16.7. The van der Waals surface area contributed by atoms with Crippen LogP contribution in [0.1, 0.15) is 59.3 Å². The number of hydrogen-bond acceptors (Lipinski definition) is 8. The number of ether oxygens (including phenoxy) is 2. The largest absolute Gasteiger partial charge is 0.394 e. The van der Waals surface area contributed by atoms with Crippen molar-refractivity contribution in [1.29, 1.82) is 0 Å². The van der Waals surface area contributed by atoms with E-state index >= 15 is 0 Å². The number of ketones is 1. The molecule has 34 heavy (non-hydrogen) atoms. The standard InChI is InChI=1S/C26H40O8/c1-12-14-7-18(28)24(2,3)22(32)15(14)9-26-8-13(5-6-16(12)26)25(4,11-26)34-23-21(31)20(30)19(29)17(10-27)33-23/h13-21,23,27-31H,1,5-11H2,2-4H3/t13-,14-,15-,16+,17-,18+,19-,20+,21-,23+,25-,26-/m1/s1. The number of allylic oxidation sites excluding steroid dienone is 1. The van der Waals surface area contributed by atoms with Crippen LogP contribution in [-0.4, -0.2) is 80.3 Å². The lowest BCUT2D eigenvalue weighted by atomic mass is 9.48. The van der Waals surface area contributed by atoms with Crippen LogP contribution in [0.5, 0.6) is 0 Å². The van der Waals surface area contributed by atoms with Crippen molar-refractivity contribution >= 4 is 5.78 Å². The SMILES string of the molecule is C=C1[C@H]2C[C@H](O)C(C)(C)C(=O)[C@@H]2C[C@@]23C[C@@H](CC[C@@H]12)[C@](C)(O[C@@H]1O[C@H](CO)[C@@H](O)[C@H](O)[C@H]1O)C3. The van der Waals surface area contributed by atoms with E-state index in [4.69, 9.17) is 9.47 Å². The summed E-state index contributed by atoms with van der Waals surface area (Å²) in [6.07, 6.45) is -2.40. The van der Waals surface area contributed by atoms with Gasteiger partial charge >= 0.3 is 0 Å². The lowest BCUT2D eigenvalue weighted by Crippen LogP contribution is -2.60. The van der Waals surface area contributed by atoms with Crippen LogP contribution in [0.25, 0.3) is 0 Å². The van der Waals surface area contributed by atoms with E-state index in [9.17, 15) is 30.3 Å². The van der Waals surface area contributed by atoms with E-state index in [1.807, 2.05) is 20.8 Å². The molecule has 0 radical (unpaired) electrons. The minimum Gasteiger partial charge on any atom is -0.394 e. The van der Waals surface area contributed by atoms with Gasteiger partial charge in [-0.05, 0) is 68.6 Å². The van der Waals surface area contributed by atoms with E-state index in [-0.39, 0.29) is 34.9 Å². The van der Waals surface area contributed by atoms with Gasteiger partial charge in [-0.1, -0.05) is 26.0 Å². The first-order valence-electron chi connectivity index (χ1n) is 12.7. The smallest absolute Gasteiger partial charge is 0.187 e. The highest BCUT2D eigenvalue weighted by Crippen LogP contribution is 2.69. The maximum absolute atomic E-state index is 13.5. The number of rotatable bonds is 3. The van der Waals surface area contributed by atoms with Gasteiger partial charge in [-0.25, -0.2) is 0 Å². The lowest BCUT2D eigenvalue weighted by Gasteiger charge is -2.55. The predicted octanol–water partition coefficient (Wildman–Crippen LogP) is 0.920. The number of carbonyl (C=O) groups is 1. The molecule has 8 heteroatoms. The predicted molar refractivity (Wildman–Crippen MR) is 121 cm³/mol. The second kappa shape index (κ2) is 8.07. The molecule has 4 aliphatic carbocycles. The topological polar surface area (TPSA) is 137 Å². The fourth-order valence-electron chi connectivity index (χ4n) is 8.28. The Morgan fingerprint density at radius 3 is 2.41 bits per heavy atom. The van der Waals surface area contributed by atoms with Crippen LogP contribution in [0.4, 0.5) is 0 Å². The molecule has 5 fully saturated rings. The highest BCUT2D eigenvalue weighted by molar-refractivity contribution is 5.88. The summed E-state index contributed by atoms with van der Waals surface area (Å²) in [6, 6.07) is 0. The quantitative estimate of drug-likeness (QED) is 0.376. The third-order valence-electron chi connectivity index (χ3n) is 10.3. The molecule has 1 heterocycles. The Bertz CT molecular complexity index is 856. The van der Waals surface area contributed by atoms with Crippen LogP contribution < -0.4 is 0 Å². The Morgan fingerprint density at radius 1 is 1.03 bits per heavy atom. The molecular weight excluding hydrogens is 440 g/mol. The van der Waals surface area contributed by atoms with Gasteiger partial charge in [-0.2, -0.15) is 0 Å². The van der Waals surface area contributed by atoms with E-state index in [1.165, 1.54) is 0 Å². The molecule has 0 amide bonds. The Morgan fingerprint density at radius 2 is 1.74 bits per heavy atom. The summed E-state index contributed by atoms with van der Waals surface area (Å²) in [5, 5.41) is 51.1. The monoisotopic (exact) mass is 480 g/mol. The van der Waals surface area contributed by atoms with Gasteiger partial charge in [0.15, 0.2) is 6.29 Å². The molecule has 0 unspecified atom stereocenters. The zero-order chi connectivity index (χ0) is 24.8. The average molecular weight is 481 g/mol. The molecule has 5 N–H and O–H groups in total. The number of fused-ring (bicyclic) bond motifs is 2. The normalized spacial score (nSPS) is 54.5. The van der Waals surface area contributed by atoms with Crippen molar-refractivity contribution in [2.24, 2.45) is 34.5 Å². The highest BCUT2D eigenvalue weighted by Gasteiger charge is 2.65. The Hall–Kier alpha value is -0.870. The van der Waals surface area contributed by atoms with Crippen molar-refractivity contribution in [2.75, 3.05) is 6.61 Å². The van der Waals surface area contributed by atoms with Crippen molar-refractivity contribution in [3.05, 3.63) is 12.2 Å². The first kappa shape index (κ1) is 24.8. The van der Waals surface area contributed by atoms with Crippen molar-refractivity contribution in [1.82, 2.24) is 0 Å². The summed E-state index contributed by atoms with van der Waals surface area (Å²) in [6.45, 7) is 9.67. The molecule has 4 saturated carbocycles. The van der Waals surface area contributed by atoms with E-state index in [0.29, 0.717) is 12.8 Å². The number of Topliss-reactive ketones (excluding diaryl/α,β-unsaturated/α-hetero) is 1. The van der Waals surface area contributed by atoms with Gasteiger partial charge in [0, 0.05) is 11.3 Å². The minimum atomic E-state index is -1.48. The second-order valence-electron chi connectivity index (χ2n) is 12.5. The zero-order valence-corrected chi connectivity index (χ0v) is 20.4. The molecule has 8 nitrogen and oxygen atoms in total. The van der Waals surface area contributed by atoms with E-state index in [1.54, 1.807) is 0 Å². The average Bonchev–Trinajstić information content (AvgIpc) is 2.99. The minimum absolute atomic E-state index is 0.0147. The summed E-state index contributed by atoms with van der Waals surface area (Å²) < 4.78 is 12.1. The van der Waals surface area contributed by atoms with Gasteiger partial charge < -0.3 is 35.0 Å². The van der Waals surface area contributed by atoms with Crippen molar-refractivity contribution in [3.8, 4) is 0 Å². The Kier molecular flexibility index (Phi) is 5.89. The van der Waals surface area contributed by atoms with Crippen LogP contribution in [0.3, 0.4) is 0 Å². The molecule has 192 valence electrons. The molecule has 1 spiro atoms. The van der Waals surface area contributed by atoms with E-state index < -0.39 is 54.4 Å². The van der Waals surface area contributed by atoms with Gasteiger partial charge in [-0.15, -0.1) is 0 Å². The summed E-state index contributed by atoms with van der Waals surface area (Å²) in [4.78, 5) is 13.5. The maximum atomic E-state index is 13.5. The van der Waals surface area contributed by atoms with Gasteiger partial charge in [0.25, 0.3) is 0 Å². The second-order valence-corrected chi connectivity index (χ2v) is 12.5. The molecule has 1 saturated heterocycles. The summed E-state index contributed by atoms with van der Waals surface area (Å²) in [7, 11) is 0. The zero-order valence-electron chi connectivity index (χ0n) is 20.4. The van der Waals surface area contributed by atoms with Gasteiger partial charge in [0.2, 0.25) is 0 Å². The van der Waals surface area contributed by atoms with Gasteiger partial charge in [0.05, 0.1) is 18.3 Å². The number of carbonyl (C=O) groups excluding carboxylic acids is 1. The van der Waals surface area contributed by atoms with Gasteiger partial charge in [-0.3, -0.25) is 4.79 Å². The fourth-order valence-corrected chi connectivity index (χ4v) is 8.28. The molecule has 5 aliphatic rings. The van der Waals surface area contributed by atoms with E-state index in [0.717, 1.165) is 31.3 Å². The lowest BCUT2D eigenvalue weighted by molar-refractivity contribution is -0.329. The Labute approximate surface area is 201 Å². The summed E-state index contributed by atoms with van der Waals surface area (Å²) in [5.74, 6) is 0.427. The van der Waals surface area contributed by atoms with Crippen LogP contribution in [0.15, 0.2) is 12.2 Å². The number of hydrogen-bond donors (Lipinski definition) is 5. The number of aliphatic hydroxyl groups excluding tert-OH is 5. The van der Waals surface area contributed by atoms with Crippen LogP contribution in [0, 0.1) is 34.5 Å². The van der Waals surface area contributed by atoms with Crippen molar-refractivity contribution < 1.29 is 39.8 Å². The molecule has 0 aromatic rings. The molecule has 0 aromatic carbocycles.